The van der Waals surface area contributed by atoms with E-state index in [0.717, 1.165) is 11.1 Å². The van der Waals surface area contributed by atoms with E-state index in [2.05, 4.69) is 0 Å². The van der Waals surface area contributed by atoms with Crippen molar-refractivity contribution in [3.05, 3.63) is 59.7 Å². The van der Waals surface area contributed by atoms with Crippen LogP contribution in [0.1, 0.15) is 31.4 Å². The van der Waals surface area contributed by atoms with Gasteiger partial charge >= 0.3 is 5.97 Å². The van der Waals surface area contributed by atoms with Gasteiger partial charge in [-0.3, -0.25) is 4.79 Å². The number of aromatic hydroxyl groups is 2. The van der Waals surface area contributed by atoms with E-state index in [9.17, 15) is 20.1 Å². The third-order valence-corrected chi connectivity index (χ3v) is 4.14. The number of carboxylic acids is 1. The lowest BCUT2D eigenvalue weighted by Gasteiger charge is -2.32. The molecule has 0 radical (unpaired) electrons. The van der Waals surface area contributed by atoms with Crippen molar-refractivity contribution in [1.82, 2.24) is 0 Å². The molecule has 4 nitrogen and oxygen atoms in total. The number of carbonyl (C=O) groups is 1. The average Bonchev–Trinajstić information content (AvgIpc) is 2.48. The van der Waals surface area contributed by atoms with E-state index >= 15 is 0 Å². The van der Waals surface area contributed by atoms with Crippen LogP contribution in [-0.2, 0) is 10.2 Å². The van der Waals surface area contributed by atoms with Crippen LogP contribution in [0.4, 0.5) is 0 Å². The van der Waals surface area contributed by atoms with Gasteiger partial charge in [-0.25, -0.2) is 0 Å². The topological polar surface area (TPSA) is 77.8 Å². The van der Waals surface area contributed by atoms with Crippen LogP contribution in [-0.4, -0.2) is 21.3 Å². The van der Waals surface area contributed by atoms with Gasteiger partial charge in [0.05, 0.1) is 5.92 Å². The largest absolute Gasteiger partial charge is 0.508 e. The summed E-state index contributed by atoms with van der Waals surface area (Å²) in [6.45, 7) is 3.66. The molecule has 0 heterocycles. The van der Waals surface area contributed by atoms with Gasteiger partial charge in [0, 0.05) is 5.41 Å². The van der Waals surface area contributed by atoms with Gasteiger partial charge in [0.2, 0.25) is 0 Å². The van der Waals surface area contributed by atoms with Crippen LogP contribution in [0.5, 0.6) is 11.5 Å². The highest BCUT2D eigenvalue weighted by Crippen LogP contribution is 2.39. The highest BCUT2D eigenvalue weighted by atomic mass is 16.4. The number of hydrogen-bond acceptors (Lipinski definition) is 3. The van der Waals surface area contributed by atoms with Gasteiger partial charge in [-0.1, -0.05) is 38.1 Å². The smallest absolute Gasteiger partial charge is 0.306 e. The molecule has 1 unspecified atom stereocenters. The third kappa shape index (κ3) is 3.22. The number of carboxylic acid groups (broad SMARTS) is 1. The predicted molar refractivity (Wildman–Crippen MR) is 84.1 cm³/mol. The fourth-order valence-corrected chi connectivity index (χ4v) is 2.76. The fourth-order valence-electron chi connectivity index (χ4n) is 2.76. The quantitative estimate of drug-likeness (QED) is 0.789. The average molecular weight is 300 g/mol. The third-order valence-electron chi connectivity index (χ3n) is 4.14. The Labute approximate surface area is 129 Å². The van der Waals surface area contributed by atoms with Crippen molar-refractivity contribution in [3.63, 3.8) is 0 Å². The minimum absolute atomic E-state index is 0.170. The van der Waals surface area contributed by atoms with Crippen LogP contribution in [0.2, 0.25) is 0 Å². The molecule has 0 amide bonds. The van der Waals surface area contributed by atoms with Gasteiger partial charge in [-0.2, -0.15) is 0 Å². The minimum atomic E-state index is -0.844. The molecule has 22 heavy (non-hydrogen) atoms. The second kappa shape index (κ2) is 6.10. The predicted octanol–water partition coefficient (Wildman–Crippen LogP) is 3.51. The van der Waals surface area contributed by atoms with Crippen molar-refractivity contribution in [1.29, 1.82) is 0 Å². The number of rotatable bonds is 5. The van der Waals surface area contributed by atoms with E-state index in [1.807, 2.05) is 6.92 Å². The first-order valence-corrected chi connectivity index (χ1v) is 7.15. The normalized spacial score (nSPS) is 12.8. The zero-order chi connectivity index (χ0) is 16.3. The Morgan fingerprint density at radius 2 is 1.32 bits per heavy atom. The molecule has 0 aliphatic heterocycles. The molecule has 0 aliphatic carbocycles. The summed E-state index contributed by atoms with van der Waals surface area (Å²) in [6, 6.07) is 13.6. The maximum absolute atomic E-state index is 11.3. The van der Waals surface area contributed by atoms with Crippen molar-refractivity contribution < 1.29 is 20.1 Å². The first-order chi connectivity index (χ1) is 10.3. The number of benzene rings is 2. The van der Waals surface area contributed by atoms with E-state index in [4.69, 9.17) is 0 Å². The maximum atomic E-state index is 11.3. The second-order valence-corrected chi connectivity index (χ2v) is 5.87. The van der Waals surface area contributed by atoms with Gasteiger partial charge in [0.1, 0.15) is 11.5 Å². The molecule has 0 saturated carbocycles. The molecule has 3 N–H and O–H groups in total. The van der Waals surface area contributed by atoms with Crippen molar-refractivity contribution >= 4 is 5.97 Å². The number of phenols is 2. The Balaban J connectivity index is 2.50. The molecule has 0 bridgehead atoms. The molecule has 116 valence electrons. The molecule has 0 spiro atoms. The summed E-state index contributed by atoms with van der Waals surface area (Å²) in [5, 5.41) is 28.2. The summed E-state index contributed by atoms with van der Waals surface area (Å²) >= 11 is 0. The van der Waals surface area contributed by atoms with E-state index < -0.39 is 17.3 Å². The molecule has 0 fully saturated rings. The van der Waals surface area contributed by atoms with E-state index in [1.165, 1.54) is 0 Å². The van der Waals surface area contributed by atoms with Crippen molar-refractivity contribution in [2.75, 3.05) is 0 Å². The van der Waals surface area contributed by atoms with Crippen LogP contribution >= 0.6 is 0 Å². The summed E-state index contributed by atoms with van der Waals surface area (Å²) in [5.41, 5.74) is 1.31. The van der Waals surface area contributed by atoms with Gasteiger partial charge < -0.3 is 15.3 Å². The highest BCUT2D eigenvalue weighted by Gasteiger charge is 2.33. The molecular formula is C18H20O4. The molecule has 4 heteroatoms. The minimum Gasteiger partial charge on any atom is -0.508 e. The lowest BCUT2D eigenvalue weighted by molar-refractivity contribution is -0.141. The molecule has 2 aromatic rings. The summed E-state index contributed by atoms with van der Waals surface area (Å²) in [6.07, 6.45) is 0.415. The van der Waals surface area contributed by atoms with Crippen molar-refractivity contribution in [2.45, 2.75) is 25.7 Å². The summed E-state index contributed by atoms with van der Waals surface area (Å²) in [5.74, 6) is -1.03. The lowest BCUT2D eigenvalue weighted by Crippen LogP contribution is -2.29. The van der Waals surface area contributed by atoms with Gasteiger partial charge in [-0.15, -0.1) is 0 Å². The molecule has 0 aromatic heterocycles. The SMILES string of the molecule is CC(CC(C)(c1ccc(O)cc1)c1ccc(O)cc1)C(=O)O. The van der Waals surface area contributed by atoms with Gasteiger partial charge in [0.15, 0.2) is 0 Å². The Bertz CT molecular complexity index is 598. The summed E-state index contributed by atoms with van der Waals surface area (Å²) < 4.78 is 0. The molecule has 2 aromatic carbocycles. The molecular weight excluding hydrogens is 280 g/mol. The van der Waals surface area contributed by atoms with Crippen LogP contribution in [0.3, 0.4) is 0 Å². The zero-order valence-corrected chi connectivity index (χ0v) is 12.7. The van der Waals surface area contributed by atoms with Crippen LogP contribution in [0.15, 0.2) is 48.5 Å². The van der Waals surface area contributed by atoms with Gasteiger partial charge in [0.25, 0.3) is 0 Å². The maximum Gasteiger partial charge on any atom is 0.306 e. The zero-order valence-electron chi connectivity index (χ0n) is 12.7. The Morgan fingerprint density at radius 3 is 1.64 bits per heavy atom. The number of hydrogen-bond donors (Lipinski definition) is 3. The van der Waals surface area contributed by atoms with Gasteiger partial charge in [-0.05, 0) is 41.8 Å². The Kier molecular flexibility index (Phi) is 4.40. The first kappa shape index (κ1) is 15.9. The Morgan fingerprint density at radius 1 is 0.955 bits per heavy atom. The molecule has 2 rings (SSSR count). The molecule has 1 atom stereocenters. The number of phenolic OH excluding ortho intramolecular Hbond substituents is 2. The van der Waals surface area contributed by atoms with Crippen LogP contribution < -0.4 is 0 Å². The monoisotopic (exact) mass is 300 g/mol. The standard InChI is InChI=1S/C18H20O4/c1-12(17(21)22)11-18(2,13-3-7-15(19)8-4-13)14-5-9-16(20)10-6-14/h3-10,12,19-20H,11H2,1-2H3,(H,21,22). The summed E-state index contributed by atoms with van der Waals surface area (Å²) in [7, 11) is 0. The Hall–Kier alpha value is -2.49. The lowest BCUT2D eigenvalue weighted by atomic mass is 9.71. The molecule has 0 saturated heterocycles. The van der Waals surface area contributed by atoms with Crippen LogP contribution in [0.25, 0.3) is 0 Å². The fraction of sp³-hybridized carbons (Fsp3) is 0.278. The first-order valence-electron chi connectivity index (χ1n) is 7.15. The van der Waals surface area contributed by atoms with E-state index in [0.29, 0.717) is 6.42 Å². The van der Waals surface area contributed by atoms with E-state index in [-0.39, 0.29) is 11.5 Å². The van der Waals surface area contributed by atoms with E-state index in [1.54, 1.807) is 55.5 Å². The van der Waals surface area contributed by atoms with Crippen molar-refractivity contribution in [2.24, 2.45) is 5.92 Å². The van der Waals surface area contributed by atoms with Crippen molar-refractivity contribution in [3.8, 4) is 11.5 Å². The second-order valence-electron chi connectivity index (χ2n) is 5.87. The highest BCUT2D eigenvalue weighted by molar-refractivity contribution is 5.70. The summed E-state index contributed by atoms with van der Waals surface area (Å²) in [4.78, 5) is 11.3. The number of aliphatic carboxylic acids is 1. The van der Waals surface area contributed by atoms with Crippen LogP contribution in [0, 0.1) is 5.92 Å². The molecule has 0 aliphatic rings.